The molecule has 0 aliphatic carbocycles. The van der Waals surface area contributed by atoms with Crippen molar-refractivity contribution in [2.24, 2.45) is 0 Å². The summed E-state index contributed by atoms with van der Waals surface area (Å²) in [7, 11) is 0. The number of hydrogen-bond donors (Lipinski definition) is 1. The highest BCUT2D eigenvalue weighted by molar-refractivity contribution is 7.17. The van der Waals surface area contributed by atoms with Crippen LogP contribution in [0.5, 0.6) is 5.75 Å². The Morgan fingerprint density at radius 2 is 1.68 bits per heavy atom. The highest BCUT2D eigenvalue weighted by Crippen LogP contribution is 2.39. The fourth-order valence-corrected chi connectivity index (χ4v) is 5.09. The zero-order chi connectivity index (χ0) is 29.6. The van der Waals surface area contributed by atoms with Crippen LogP contribution in [-0.2, 0) is 25.8 Å². The van der Waals surface area contributed by atoms with Crippen LogP contribution in [0.2, 0.25) is 0 Å². The number of pyridine rings is 1. The van der Waals surface area contributed by atoms with Gasteiger partial charge in [-0.1, -0.05) is 43.3 Å². The minimum Gasteiger partial charge on any atom is -0.406 e. The topological polar surface area (TPSA) is 67.4 Å². The largest absolute Gasteiger partial charge is 0.573 e. The second-order valence-electron chi connectivity index (χ2n) is 8.89. The Labute approximate surface area is 235 Å². The smallest absolute Gasteiger partial charge is 0.406 e. The zero-order valence-corrected chi connectivity index (χ0v) is 22.4. The highest BCUT2D eigenvalue weighted by Gasteiger charge is 2.40. The van der Waals surface area contributed by atoms with Crippen LogP contribution in [0, 0.1) is 0 Å². The first-order valence-electron chi connectivity index (χ1n) is 12.3. The van der Waals surface area contributed by atoms with Gasteiger partial charge < -0.3 is 10.1 Å². The van der Waals surface area contributed by atoms with Crippen molar-refractivity contribution in [1.29, 1.82) is 0 Å². The SMILES string of the molecule is CCN(Cc1ccncc1)Cc1ccccc1-c1nc(C(F)(F)F)c(C(=O)NCc2cccc(OC(F)(F)F)c2)s1. The minimum atomic E-state index is -4.91. The van der Waals surface area contributed by atoms with Crippen molar-refractivity contribution in [2.75, 3.05) is 6.54 Å². The summed E-state index contributed by atoms with van der Waals surface area (Å²) in [6.07, 6.45) is -6.45. The van der Waals surface area contributed by atoms with Gasteiger partial charge in [-0.05, 0) is 47.5 Å². The van der Waals surface area contributed by atoms with Crippen molar-refractivity contribution in [3.8, 4) is 16.3 Å². The predicted octanol–water partition coefficient (Wildman–Crippen LogP) is 7.07. The van der Waals surface area contributed by atoms with Gasteiger partial charge in [0.2, 0.25) is 0 Å². The van der Waals surface area contributed by atoms with Gasteiger partial charge in [-0.25, -0.2) is 4.98 Å². The van der Waals surface area contributed by atoms with E-state index in [0.29, 0.717) is 36.5 Å². The third kappa shape index (κ3) is 8.27. The lowest BCUT2D eigenvalue weighted by Crippen LogP contribution is -2.25. The molecule has 6 nitrogen and oxygen atoms in total. The molecule has 1 N–H and O–H groups in total. The Morgan fingerprint density at radius 1 is 0.951 bits per heavy atom. The number of thiazole rings is 1. The summed E-state index contributed by atoms with van der Waals surface area (Å²) in [6, 6.07) is 15.5. The molecule has 0 bridgehead atoms. The molecule has 2 aromatic carbocycles. The summed E-state index contributed by atoms with van der Waals surface area (Å²) < 4.78 is 83.2. The lowest BCUT2D eigenvalue weighted by atomic mass is 10.1. The standard InChI is InChI=1S/C28H24F6N4O2S/c1-2-38(16-18-10-12-35-13-11-18)17-20-7-3-4-9-22(20)26-37-24(27(29,30)31)23(41-26)25(39)36-15-19-6-5-8-21(14-19)40-28(32,33)34/h3-14H,2,15-17H2,1H3,(H,36,39). The van der Waals surface area contributed by atoms with Crippen LogP contribution in [0.1, 0.15) is 39.0 Å². The summed E-state index contributed by atoms with van der Waals surface area (Å²) in [5, 5.41) is 2.37. The molecular weight excluding hydrogens is 570 g/mol. The second kappa shape index (κ2) is 12.7. The van der Waals surface area contributed by atoms with E-state index in [-0.39, 0.29) is 17.1 Å². The number of amides is 1. The number of carbonyl (C=O) groups excluding carboxylic acids is 1. The maximum absolute atomic E-state index is 13.9. The monoisotopic (exact) mass is 594 g/mol. The number of benzene rings is 2. The number of hydrogen-bond acceptors (Lipinski definition) is 6. The molecule has 0 atom stereocenters. The molecule has 0 saturated carbocycles. The lowest BCUT2D eigenvalue weighted by molar-refractivity contribution is -0.274. The number of rotatable bonds is 10. The molecule has 2 aromatic heterocycles. The van der Waals surface area contributed by atoms with E-state index in [4.69, 9.17) is 0 Å². The quantitative estimate of drug-likeness (QED) is 0.199. The number of nitrogens with zero attached hydrogens (tertiary/aromatic N) is 3. The normalized spacial score (nSPS) is 12.0. The van der Waals surface area contributed by atoms with Crippen LogP contribution in [0.3, 0.4) is 0 Å². The third-order valence-corrected chi connectivity index (χ3v) is 7.02. The molecule has 13 heteroatoms. The van der Waals surface area contributed by atoms with Crippen LogP contribution >= 0.6 is 11.3 Å². The Bertz CT molecular complexity index is 1470. The third-order valence-electron chi connectivity index (χ3n) is 5.93. The first-order chi connectivity index (χ1) is 19.4. The van der Waals surface area contributed by atoms with E-state index in [1.54, 1.807) is 36.7 Å². The number of nitrogens with one attached hydrogen (secondary N) is 1. The van der Waals surface area contributed by atoms with E-state index < -0.39 is 34.8 Å². The van der Waals surface area contributed by atoms with Crippen LogP contribution in [0.4, 0.5) is 26.3 Å². The average Bonchev–Trinajstić information content (AvgIpc) is 3.38. The maximum atomic E-state index is 13.9. The molecular formula is C28H24F6N4O2S. The van der Waals surface area contributed by atoms with Crippen LogP contribution < -0.4 is 10.1 Å². The van der Waals surface area contributed by atoms with Gasteiger partial charge >= 0.3 is 12.5 Å². The van der Waals surface area contributed by atoms with E-state index >= 15 is 0 Å². The summed E-state index contributed by atoms with van der Waals surface area (Å²) >= 11 is 0.603. The Kier molecular flexibility index (Phi) is 9.28. The maximum Gasteiger partial charge on any atom is 0.573 e. The minimum absolute atomic E-state index is 0.0265. The molecule has 4 aromatic rings. The molecule has 0 spiro atoms. The fraction of sp³-hybridized carbons (Fsp3) is 0.250. The van der Waals surface area contributed by atoms with Gasteiger partial charge in [0.1, 0.15) is 15.6 Å². The molecule has 216 valence electrons. The van der Waals surface area contributed by atoms with E-state index in [1.807, 2.05) is 19.1 Å². The van der Waals surface area contributed by atoms with Gasteiger partial charge in [0.25, 0.3) is 5.91 Å². The first-order valence-corrected chi connectivity index (χ1v) is 13.1. The van der Waals surface area contributed by atoms with Gasteiger partial charge in [-0.15, -0.1) is 24.5 Å². The van der Waals surface area contributed by atoms with Crippen LogP contribution in [0.25, 0.3) is 10.6 Å². The van der Waals surface area contributed by atoms with Crippen molar-refractivity contribution in [1.82, 2.24) is 20.2 Å². The second-order valence-corrected chi connectivity index (χ2v) is 9.89. The molecule has 41 heavy (non-hydrogen) atoms. The summed E-state index contributed by atoms with van der Waals surface area (Å²) in [4.78, 5) is 22.2. The van der Waals surface area contributed by atoms with Crippen molar-refractivity contribution in [3.63, 3.8) is 0 Å². The molecule has 0 fully saturated rings. The van der Waals surface area contributed by atoms with Crippen molar-refractivity contribution < 1.29 is 35.9 Å². The van der Waals surface area contributed by atoms with Crippen molar-refractivity contribution in [2.45, 2.75) is 39.1 Å². The Hall–Kier alpha value is -3.97. The van der Waals surface area contributed by atoms with Crippen molar-refractivity contribution >= 4 is 17.2 Å². The molecule has 0 unspecified atom stereocenters. The Balaban J connectivity index is 1.57. The molecule has 0 radical (unpaired) electrons. The van der Waals surface area contributed by atoms with Gasteiger partial charge in [-0.2, -0.15) is 13.2 Å². The highest BCUT2D eigenvalue weighted by atomic mass is 32.1. The van der Waals surface area contributed by atoms with E-state index in [0.717, 1.165) is 23.3 Å². The summed E-state index contributed by atoms with van der Waals surface area (Å²) in [5.74, 6) is -1.56. The van der Waals surface area contributed by atoms with E-state index in [2.05, 4.69) is 24.9 Å². The van der Waals surface area contributed by atoms with Gasteiger partial charge in [-0.3, -0.25) is 14.7 Å². The summed E-state index contributed by atoms with van der Waals surface area (Å²) in [6.45, 7) is 3.35. The molecule has 0 aliphatic rings. The summed E-state index contributed by atoms with van der Waals surface area (Å²) in [5.41, 5.74) is 1.11. The Morgan fingerprint density at radius 3 is 2.37 bits per heavy atom. The van der Waals surface area contributed by atoms with Crippen LogP contribution in [-0.4, -0.2) is 33.7 Å². The van der Waals surface area contributed by atoms with E-state index in [9.17, 15) is 31.1 Å². The number of ether oxygens (including phenoxy) is 1. The molecule has 0 aliphatic heterocycles. The number of aromatic nitrogens is 2. The van der Waals surface area contributed by atoms with Crippen molar-refractivity contribution in [3.05, 3.63) is 100 Å². The van der Waals surface area contributed by atoms with E-state index in [1.165, 1.54) is 12.1 Å². The number of halogens is 6. The van der Waals surface area contributed by atoms with Gasteiger partial charge in [0.05, 0.1) is 0 Å². The fourth-order valence-electron chi connectivity index (χ4n) is 4.03. The molecule has 1 amide bonds. The zero-order valence-electron chi connectivity index (χ0n) is 21.6. The molecule has 0 saturated heterocycles. The molecule has 2 heterocycles. The first kappa shape index (κ1) is 30.0. The molecule has 4 rings (SSSR count). The van der Waals surface area contributed by atoms with Crippen LogP contribution in [0.15, 0.2) is 73.1 Å². The average molecular weight is 595 g/mol. The number of carbonyl (C=O) groups is 1. The number of alkyl halides is 6. The lowest BCUT2D eigenvalue weighted by Gasteiger charge is -2.21. The van der Waals surface area contributed by atoms with Gasteiger partial charge in [0, 0.05) is 37.6 Å². The predicted molar refractivity (Wildman–Crippen MR) is 141 cm³/mol. The van der Waals surface area contributed by atoms with Gasteiger partial charge in [0.15, 0.2) is 5.69 Å².